The van der Waals surface area contributed by atoms with E-state index in [1.54, 1.807) is 13.2 Å². The number of rotatable bonds is 8. The van der Waals surface area contributed by atoms with Crippen LogP contribution in [0.1, 0.15) is 12.5 Å². The van der Waals surface area contributed by atoms with Gasteiger partial charge in [0.05, 0.1) is 20.2 Å². The van der Waals surface area contributed by atoms with Crippen molar-refractivity contribution in [3.8, 4) is 5.75 Å². The molecule has 7 heteroatoms. The van der Waals surface area contributed by atoms with Crippen LogP contribution in [0.5, 0.6) is 5.75 Å². The third-order valence-electron chi connectivity index (χ3n) is 5.23. The van der Waals surface area contributed by atoms with Crippen LogP contribution in [0.15, 0.2) is 48.5 Å². The van der Waals surface area contributed by atoms with Gasteiger partial charge in [0.15, 0.2) is 0 Å². The molecule has 1 heterocycles. The molecule has 0 unspecified atom stereocenters. The van der Waals surface area contributed by atoms with Crippen molar-refractivity contribution >= 4 is 23.2 Å². The first kappa shape index (κ1) is 21.8. The van der Waals surface area contributed by atoms with E-state index in [0.717, 1.165) is 49.5 Å². The van der Waals surface area contributed by atoms with E-state index in [1.807, 2.05) is 42.5 Å². The number of nitrogens with zero attached hydrogens (tertiary/aromatic N) is 2. The van der Waals surface area contributed by atoms with E-state index in [0.29, 0.717) is 18.8 Å². The molecule has 0 aliphatic carbocycles. The van der Waals surface area contributed by atoms with Crippen LogP contribution in [0.4, 0.5) is 11.4 Å². The Bertz CT molecular complexity index is 863. The molecule has 7 nitrogen and oxygen atoms in total. The quantitative estimate of drug-likeness (QED) is 0.699. The average Bonchev–Trinajstić information content (AvgIpc) is 2.75. The standard InChI is InChI=1S/C23H30N4O3/c1-3-18-7-4-5-10-21(18)25-23(29)17-27-13-11-26(12-14-27)16-22(28)24-19-8-6-9-20(15-19)30-2/h4-10,15H,3,11-14,16-17H2,1-2H3,(H,24,28)(H,25,29). The summed E-state index contributed by atoms with van der Waals surface area (Å²) in [5.74, 6) is 0.659. The summed E-state index contributed by atoms with van der Waals surface area (Å²) in [7, 11) is 1.60. The molecular formula is C23H30N4O3. The second kappa shape index (κ2) is 10.8. The van der Waals surface area contributed by atoms with Gasteiger partial charge in [-0.05, 0) is 30.2 Å². The van der Waals surface area contributed by atoms with Crippen LogP contribution < -0.4 is 15.4 Å². The number of nitrogens with one attached hydrogen (secondary N) is 2. The highest BCUT2D eigenvalue weighted by atomic mass is 16.5. The number of carbonyl (C=O) groups is 2. The number of carbonyl (C=O) groups excluding carboxylic acids is 2. The lowest BCUT2D eigenvalue weighted by atomic mass is 10.1. The topological polar surface area (TPSA) is 73.9 Å². The maximum absolute atomic E-state index is 12.4. The second-order valence-corrected chi connectivity index (χ2v) is 7.39. The van der Waals surface area contributed by atoms with E-state index in [4.69, 9.17) is 4.74 Å². The van der Waals surface area contributed by atoms with Crippen molar-refractivity contribution in [2.75, 3.05) is 57.0 Å². The molecule has 1 aliphatic heterocycles. The molecule has 0 bridgehead atoms. The molecule has 3 rings (SSSR count). The van der Waals surface area contributed by atoms with E-state index in [-0.39, 0.29) is 11.8 Å². The first-order valence-corrected chi connectivity index (χ1v) is 10.3. The summed E-state index contributed by atoms with van der Waals surface area (Å²) < 4.78 is 5.18. The fraction of sp³-hybridized carbons (Fsp3) is 0.391. The van der Waals surface area contributed by atoms with Crippen LogP contribution in [-0.4, -0.2) is 68.0 Å². The molecule has 30 heavy (non-hydrogen) atoms. The predicted molar refractivity (Wildman–Crippen MR) is 119 cm³/mol. The largest absolute Gasteiger partial charge is 0.497 e. The van der Waals surface area contributed by atoms with E-state index in [2.05, 4.69) is 27.4 Å². The lowest BCUT2D eigenvalue weighted by Gasteiger charge is -2.33. The number of methoxy groups -OCH3 is 1. The maximum Gasteiger partial charge on any atom is 0.238 e. The summed E-state index contributed by atoms with van der Waals surface area (Å²) in [6.07, 6.45) is 0.882. The van der Waals surface area contributed by atoms with Crippen LogP contribution in [0.3, 0.4) is 0 Å². The van der Waals surface area contributed by atoms with Gasteiger partial charge in [-0.25, -0.2) is 0 Å². The third-order valence-corrected chi connectivity index (χ3v) is 5.23. The van der Waals surface area contributed by atoms with Gasteiger partial charge in [-0.3, -0.25) is 19.4 Å². The Morgan fingerprint density at radius 3 is 2.17 bits per heavy atom. The number of anilines is 2. The van der Waals surface area contributed by atoms with Crippen molar-refractivity contribution in [2.24, 2.45) is 0 Å². The SMILES string of the molecule is CCc1ccccc1NC(=O)CN1CCN(CC(=O)Nc2cccc(OC)c2)CC1. The summed E-state index contributed by atoms with van der Waals surface area (Å²) in [4.78, 5) is 29.0. The molecule has 1 aliphatic rings. The minimum Gasteiger partial charge on any atom is -0.497 e. The lowest BCUT2D eigenvalue weighted by molar-refractivity contribution is -0.120. The summed E-state index contributed by atoms with van der Waals surface area (Å²) in [6, 6.07) is 15.2. The molecular weight excluding hydrogens is 380 g/mol. The van der Waals surface area contributed by atoms with Gasteiger partial charge in [0.25, 0.3) is 0 Å². The van der Waals surface area contributed by atoms with Crippen molar-refractivity contribution in [3.63, 3.8) is 0 Å². The molecule has 2 aromatic rings. The van der Waals surface area contributed by atoms with E-state index >= 15 is 0 Å². The fourth-order valence-electron chi connectivity index (χ4n) is 3.55. The molecule has 2 amide bonds. The van der Waals surface area contributed by atoms with Gasteiger partial charge in [-0.15, -0.1) is 0 Å². The Kier molecular flexibility index (Phi) is 7.82. The molecule has 0 aromatic heterocycles. The Morgan fingerprint density at radius 2 is 1.53 bits per heavy atom. The van der Waals surface area contributed by atoms with Gasteiger partial charge >= 0.3 is 0 Å². The van der Waals surface area contributed by atoms with E-state index < -0.39 is 0 Å². The van der Waals surface area contributed by atoms with Crippen LogP contribution in [0.2, 0.25) is 0 Å². The van der Waals surface area contributed by atoms with Gasteiger partial charge in [0.1, 0.15) is 5.75 Å². The third kappa shape index (κ3) is 6.30. The Morgan fingerprint density at radius 1 is 0.900 bits per heavy atom. The highest BCUT2D eigenvalue weighted by Gasteiger charge is 2.21. The number of amides is 2. The van der Waals surface area contributed by atoms with Crippen molar-refractivity contribution in [1.82, 2.24) is 9.80 Å². The molecule has 160 valence electrons. The normalized spacial score (nSPS) is 14.9. The van der Waals surface area contributed by atoms with Gasteiger partial charge in [-0.2, -0.15) is 0 Å². The molecule has 0 saturated carbocycles. The van der Waals surface area contributed by atoms with Gasteiger partial charge in [0.2, 0.25) is 11.8 Å². The monoisotopic (exact) mass is 410 g/mol. The van der Waals surface area contributed by atoms with Crippen molar-refractivity contribution < 1.29 is 14.3 Å². The van der Waals surface area contributed by atoms with Crippen LogP contribution in [-0.2, 0) is 16.0 Å². The first-order chi connectivity index (χ1) is 14.6. The number of aryl methyl sites for hydroxylation is 1. The Hall–Kier alpha value is -2.90. The van der Waals surface area contributed by atoms with Gasteiger partial charge in [0, 0.05) is 43.6 Å². The number of benzene rings is 2. The van der Waals surface area contributed by atoms with Crippen molar-refractivity contribution in [3.05, 3.63) is 54.1 Å². The van der Waals surface area contributed by atoms with Crippen molar-refractivity contribution in [2.45, 2.75) is 13.3 Å². The zero-order valence-corrected chi connectivity index (χ0v) is 17.7. The first-order valence-electron chi connectivity index (χ1n) is 10.3. The summed E-state index contributed by atoms with van der Waals surface area (Å²) in [6.45, 7) is 5.80. The van der Waals surface area contributed by atoms with Gasteiger partial charge in [-0.1, -0.05) is 31.2 Å². The molecule has 1 saturated heterocycles. The van der Waals surface area contributed by atoms with Crippen LogP contribution in [0, 0.1) is 0 Å². The smallest absolute Gasteiger partial charge is 0.238 e. The Labute approximate surface area is 178 Å². The zero-order valence-electron chi connectivity index (χ0n) is 17.7. The highest BCUT2D eigenvalue weighted by molar-refractivity contribution is 5.93. The summed E-state index contributed by atoms with van der Waals surface area (Å²) >= 11 is 0. The predicted octanol–water partition coefficient (Wildman–Crippen LogP) is 2.45. The van der Waals surface area contributed by atoms with Crippen molar-refractivity contribution in [1.29, 1.82) is 0 Å². The highest BCUT2D eigenvalue weighted by Crippen LogP contribution is 2.17. The number of para-hydroxylation sites is 1. The summed E-state index contributed by atoms with van der Waals surface area (Å²) in [5.41, 5.74) is 2.75. The number of hydrogen-bond acceptors (Lipinski definition) is 5. The summed E-state index contributed by atoms with van der Waals surface area (Å²) in [5, 5.41) is 5.93. The molecule has 2 N–H and O–H groups in total. The molecule has 1 fully saturated rings. The number of hydrogen-bond donors (Lipinski definition) is 2. The molecule has 0 radical (unpaired) electrons. The minimum atomic E-state index is -0.0504. The minimum absolute atomic E-state index is 0.000109. The fourth-order valence-corrected chi connectivity index (χ4v) is 3.55. The number of piperazine rings is 1. The molecule has 0 spiro atoms. The Balaban J connectivity index is 1.41. The van der Waals surface area contributed by atoms with Gasteiger partial charge < -0.3 is 15.4 Å². The maximum atomic E-state index is 12.4. The lowest BCUT2D eigenvalue weighted by Crippen LogP contribution is -2.50. The number of ether oxygens (including phenoxy) is 1. The van der Waals surface area contributed by atoms with E-state index in [9.17, 15) is 9.59 Å². The van der Waals surface area contributed by atoms with Crippen LogP contribution in [0.25, 0.3) is 0 Å². The molecule has 2 aromatic carbocycles. The second-order valence-electron chi connectivity index (χ2n) is 7.39. The van der Waals surface area contributed by atoms with Crippen LogP contribution >= 0.6 is 0 Å². The van der Waals surface area contributed by atoms with E-state index in [1.165, 1.54) is 0 Å². The zero-order chi connectivity index (χ0) is 21.3. The molecule has 0 atom stereocenters. The average molecular weight is 411 g/mol.